The van der Waals surface area contributed by atoms with Gasteiger partial charge in [-0.2, -0.15) is 5.10 Å². The lowest BCUT2D eigenvalue weighted by Gasteiger charge is -2.40. The summed E-state index contributed by atoms with van der Waals surface area (Å²) < 4.78 is 7.52. The van der Waals surface area contributed by atoms with E-state index in [-0.39, 0.29) is 29.3 Å². The molecule has 0 bridgehead atoms. The number of hydrogen-bond donors (Lipinski definition) is 1. The number of nitrogens with zero attached hydrogens (tertiary/aromatic N) is 5. The van der Waals surface area contributed by atoms with E-state index in [1.54, 1.807) is 12.4 Å². The Morgan fingerprint density at radius 2 is 1.84 bits per heavy atom. The zero-order valence-electron chi connectivity index (χ0n) is 26.4. The number of fused-ring (bicyclic) bond motifs is 3. The maximum atomic E-state index is 14.0. The molecule has 0 aliphatic carbocycles. The SMILES string of the molecule is Cc1cc2[nH]c(=O)c3cnn(C4CCOCC4)c3c2cc1C(=O)N1CCN(Cc2cnccc2CC(=O)C(C)(C)C)[C@@H](C)C1. The first-order valence-corrected chi connectivity index (χ1v) is 15.6. The van der Waals surface area contributed by atoms with Crippen molar-refractivity contribution in [1.29, 1.82) is 0 Å². The van der Waals surface area contributed by atoms with E-state index in [0.717, 1.165) is 47.0 Å². The van der Waals surface area contributed by atoms with Gasteiger partial charge in [-0.25, -0.2) is 0 Å². The van der Waals surface area contributed by atoms with Crippen molar-refractivity contribution in [2.24, 2.45) is 5.41 Å². The van der Waals surface area contributed by atoms with Gasteiger partial charge in [0.2, 0.25) is 0 Å². The van der Waals surface area contributed by atoms with Crippen molar-refractivity contribution in [2.45, 2.75) is 72.5 Å². The van der Waals surface area contributed by atoms with E-state index in [4.69, 9.17) is 4.74 Å². The summed E-state index contributed by atoms with van der Waals surface area (Å²) in [6.45, 7) is 13.8. The van der Waals surface area contributed by atoms with Gasteiger partial charge in [-0.05, 0) is 61.6 Å². The maximum absolute atomic E-state index is 14.0. The fourth-order valence-corrected chi connectivity index (χ4v) is 6.44. The van der Waals surface area contributed by atoms with Crippen molar-refractivity contribution in [3.63, 3.8) is 0 Å². The monoisotopic (exact) mass is 598 g/mol. The van der Waals surface area contributed by atoms with Crippen molar-refractivity contribution < 1.29 is 14.3 Å². The topological polar surface area (TPSA) is 113 Å². The van der Waals surface area contributed by atoms with Gasteiger partial charge in [-0.3, -0.25) is 28.9 Å². The van der Waals surface area contributed by atoms with Crippen LogP contribution >= 0.6 is 0 Å². The van der Waals surface area contributed by atoms with Crippen LogP contribution in [0.5, 0.6) is 0 Å². The van der Waals surface area contributed by atoms with Crippen LogP contribution in [0.15, 0.2) is 41.6 Å². The Hall–Kier alpha value is -3.89. The van der Waals surface area contributed by atoms with E-state index < -0.39 is 5.41 Å². The van der Waals surface area contributed by atoms with Crippen LogP contribution in [0, 0.1) is 12.3 Å². The number of carbonyl (C=O) groups excluding carboxylic acids is 2. The van der Waals surface area contributed by atoms with Crippen LogP contribution in [0.2, 0.25) is 0 Å². The minimum atomic E-state index is -0.397. The van der Waals surface area contributed by atoms with Crippen molar-refractivity contribution in [3.8, 4) is 0 Å². The quantitative estimate of drug-likeness (QED) is 0.349. The number of aromatic amines is 1. The Bertz CT molecular complexity index is 1780. The molecule has 10 nitrogen and oxygen atoms in total. The summed E-state index contributed by atoms with van der Waals surface area (Å²) in [4.78, 5) is 51.4. The maximum Gasteiger partial charge on any atom is 0.259 e. The van der Waals surface area contributed by atoms with Gasteiger partial charge in [-0.1, -0.05) is 20.8 Å². The number of Topliss-reactive ketones (excluding diaryl/α,β-unsaturated/α-hetero) is 1. The molecule has 2 aliphatic heterocycles. The Morgan fingerprint density at radius 1 is 1.07 bits per heavy atom. The summed E-state index contributed by atoms with van der Waals surface area (Å²) in [6, 6.07) is 6.07. The molecular formula is C34H42N6O4. The average molecular weight is 599 g/mol. The highest BCUT2D eigenvalue weighted by atomic mass is 16.5. The second kappa shape index (κ2) is 11.9. The van der Waals surface area contributed by atoms with Gasteiger partial charge in [-0.15, -0.1) is 0 Å². The molecule has 5 heterocycles. The summed E-state index contributed by atoms with van der Waals surface area (Å²) in [5.41, 5.74) is 4.46. The first-order valence-electron chi connectivity index (χ1n) is 15.6. The number of aryl methyl sites for hydroxylation is 1. The Labute approximate surface area is 257 Å². The number of nitrogens with one attached hydrogen (secondary N) is 1. The molecule has 2 fully saturated rings. The highest BCUT2D eigenvalue weighted by Crippen LogP contribution is 2.31. The highest BCUT2D eigenvalue weighted by molar-refractivity contribution is 6.07. The molecule has 232 valence electrons. The predicted octanol–water partition coefficient (Wildman–Crippen LogP) is 4.44. The fourth-order valence-electron chi connectivity index (χ4n) is 6.44. The van der Waals surface area contributed by atoms with Crippen LogP contribution in [0.4, 0.5) is 0 Å². The molecule has 4 aromatic rings. The molecule has 0 radical (unpaired) electrons. The van der Waals surface area contributed by atoms with Crippen LogP contribution in [0.1, 0.15) is 73.6 Å². The molecule has 2 saturated heterocycles. The number of rotatable bonds is 6. The largest absolute Gasteiger partial charge is 0.381 e. The number of benzene rings is 1. The highest BCUT2D eigenvalue weighted by Gasteiger charge is 2.30. The van der Waals surface area contributed by atoms with E-state index in [1.807, 2.05) is 61.7 Å². The van der Waals surface area contributed by atoms with Crippen LogP contribution in [-0.4, -0.2) is 80.1 Å². The first-order chi connectivity index (χ1) is 21.0. The van der Waals surface area contributed by atoms with Gasteiger partial charge in [0.1, 0.15) is 5.78 Å². The number of aromatic nitrogens is 4. The van der Waals surface area contributed by atoms with Crippen LogP contribution in [-0.2, 0) is 22.5 Å². The average Bonchev–Trinajstić information content (AvgIpc) is 3.45. The van der Waals surface area contributed by atoms with Crippen molar-refractivity contribution in [2.75, 3.05) is 32.8 Å². The van der Waals surface area contributed by atoms with Gasteiger partial charge in [0.05, 0.1) is 28.7 Å². The van der Waals surface area contributed by atoms with E-state index in [2.05, 4.69) is 26.9 Å². The van der Waals surface area contributed by atoms with E-state index >= 15 is 0 Å². The second-order valence-corrected chi connectivity index (χ2v) is 13.4. The Kier molecular flexibility index (Phi) is 8.15. The molecule has 1 N–H and O–H groups in total. The molecule has 0 spiro atoms. The van der Waals surface area contributed by atoms with Crippen LogP contribution < -0.4 is 5.56 Å². The third-order valence-corrected chi connectivity index (χ3v) is 9.29. The van der Waals surface area contributed by atoms with Gasteiger partial charge in [0.25, 0.3) is 11.5 Å². The standard InChI is InChI=1S/C34H42N6O4/c1-21-14-29-27(31-28(32(42)37-29)18-36-40(31)25-7-12-44-13-8-25)16-26(21)33(43)39-11-10-38(22(2)19-39)20-24-17-35-9-6-23(24)15-30(41)34(3,4)5/h6,9,14,16-18,22,25H,7-8,10-13,15,19-20H2,1-5H3,(H,37,42)/t22-/m0/s1. The van der Waals surface area contributed by atoms with E-state index in [1.165, 1.54) is 0 Å². The predicted molar refractivity (Wildman–Crippen MR) is 170 cm³/mol. The van der Waals surface area contributed by atoms with Crippen molar-refractivity contribution in [3.05, 3.63) is 69.4 Å². The number of carbonyl (C=O) groups is 2. The Balaban J connectivity index is 1.23. The van der Waals surface area contributed by atoms with Gasteiger partial charge < -0.3 is 14.6 Å². The second-order valence-electron chi connectivity index (χ2n) is 13.4. The number of H-pyrrole nitrogens is 1. The third kappa shape index (κ3) is 5.80. The van der Waals surface area contributed by atoms with Gasteiger partial charge in [0, 0.05) is 80.6 Å². The lowest BCUT2D eigenvalue weighted by Crippen LogP contribution is -2.53. The van der Waals surface area contributed by atoms with Gasteiger partial charge in [0.15, 0.2) is 0 Å². The molecule has 10 heteroatoms. The van der Waals surface area contributed by atoms with E-state index in [0.29, 0.717) is 55.7 Å². The van der Waals surface area contributed by atoms with Gasteiger partial charge >= 0.3 is 0 Å². The number of pyridine rings is 2. The molecule has 2 aliphatic rings. The molecule has 1 aromatic carbocycles. The summed E-state index contributed by atoms with van der Waals surface area (Å²) in [5.74, 6) is 0.196. The van der Waals surface area contributed by atoms with Crippen molar-refractivity contribution >= 4 is 33.5 Å². The zero-order valence-corrected chi connectivity index (χ0v) is 26.4. The van der Waals surface area contributed by atoms with Crippen molar-refractivity contribution in [1.82, 2.24) is 29.5 Å². The third-order valence-electron chi connectivity index (χ3n) is 9.29. The molecule has 3 aromatic heterocycles. The zero-order chi connectivity index (χ0) is 31.2. The molecule has 0 unspecified atom stereocenters. The summed E-state index contributed by atoms with van der Waals surface area (Å²) >= 11 is 0. The molecule has 44 heavy (non-hydrogen) atoms. The fraction of sp³-hybridized carbons (Fsp3) is 0.500. The lowest BCUT2D eigenvalue weighted by molar-refractivity contribution is -0.125. The first kappa shape index (κ1) is 30.1. The number of amides is 1. The number of ketones is 1. The summed E-state index contributed by atoms with van der Waals surface area (Å²) in [5, 5.41) is 5.99. The minimum Gasteiger partial charge on any atom is -0.381 e. The lowest BCUT2D eigenvalue weighted by atomic mass is 9.86. The van der Waals surface area contributed by atoms with E-state index in [9.17, 15) is 14.4 Å². The summed E-state index contributed by atoms with van der Waals surface area (Å²) in [6.07, 6.45) is 7.31. The molecular weight excluding hydrogens is 556 g/mol. The molecule has 6 rings (SSSR count). The molecule has 1 amide bonds. The Morgan fingerprint density at radius 3 is 2.57 bits per heavy atom. The van der Waals surface area contributed by atoms with Crippen LogP contribution in [0.3, 0.4) is 0 Å². The number of ether oxygens (including phenoxy) is 1. The molecule has 1 atom stereocenters. The molecule has 0 saturated carbocycles. The smallest absolute Gasteiger partial charge is 0.259 e. The number of piperazine rings is 1. The minimum absolute atomic E-state index is 0.00905. The summed E-state index contributed by atoms with van der Waals surface area (Å²) in [7, 11) is 0. The number of hydrogen-bond acceptors (Lipinski definition) is 7. The van der Waals surface area contributed by atoms with Crippen LogP contribution in [0.25, 0.3) is 21.8 Å². The normalized spacial score (nSPS) is 18.8.